The third kappa shape index (κ3) is 15.3. The molecule has 0 fully saturated rings. The number of nitriles is 2. The molecule has 0 aromatic heterocycles. The van der Waals surface area contributed by atoms with E-state index in [4.69, 9.17) is 18.9 Å². The molecule has 0 rings (SSSR count). The van der Waals surface area contributed by atoms with Crippen LogP contribution in [0, 0.1) is 22.7 Å². The molecular weight excluding hydrogens is 528 g/mol. The number of carbonyl (C=O) groups excluding carboxylic acids is 4. The molecule has 0 aromatic carbocycles. The highest BCUT2D eigenvalue weighted by Gasteiger charge is 2.30. The van der Waals surface area contributed by atoms with Gasteiger partial charge in [0.15, 0.2) is 11.1 Å². The Morgan fingerprint density at radius 1 is 0.725 bits per heavy atom. The SMILES string of the molecule is C=C(C)C(=O)OCC(O)COC(=O)CCC(C)(C#N)/N=N/C(C)(C#N)CCC(=O)OCC(O)COC(=O)C(=C)C. The minimum atomic E-state index is -1.50. The molecule has 0 aromatic rings. The monoisotopic (exact) mass is 564 g/mol. The molecular formula is C26H36N4O10. The van der Waals surface area contributed by atoms with Crippen molar-refractivity contribution in [1.82, 2.24) is 0 Å². The van der Waals surface area contributed by atoms with E-state index in [1.54, 1.807) is 0 Å². The lowest BCUT2D eigenvalue weighted by Crippen LogP contribution is -2.28. The molecule has 0 spiro atoms. The number of nitrogens with zero attached hydrogens (tertiary/aromatic N) is 4. The van der Waals surface area contributed by atoms with Crippen molar-refractivity contribution in [3.05, 3.63) is 24.3 Å². The normalized spacial score (nSPS) is 15.2. The molecule has 0 saturated heterocycles. The van der Waals surface area contributed by atoms with Crippen LogP contribution < -0.4 is 0 Å². The zero-order valence-electron chi connectivity index (χ0n) is 23.2. The van der Waals surface area contributed by atoms with Crippen molar-refractivity contribution >= 4 is 23.9 Å². The van der Waals surface area contributed by atoms with Crippen molar-refractivity contribution in [2.24, 2.45) is 10.2 Å². The first-order valence-electron chi connectivity index (χ1n) is 12.2. The largest absolute Gasteiger partial charge is 0.463 e. The van der Waals surface area contributed by atoms with Gasteiger partial charge in [0.25, 0.3) is 0 Å². The molecule has 0 aliphatic heterocycles. The fourth-order valence-electron chi connectivity index (χ4n) is 2.38. The third-order valence-corrected chi connectivity index (χ3v) is 4.99. The summed E-state index contributed by atoms with van der Waals surface area (Å²) >= 11 is 0. The highest BCUT2D eigenvalue weighted by Crippen LogP contribution is 2.24. The van der Waals surface area contributed by atoms with Crippen molar-refractivity contribution in [2.75, 3.05) is 26.4 Å². The van der Waals surface area contributed by atoms with Gasteiger partial charge in [0.05, 0.1) is 12.1 Å². The number of aliphatic hydroxyl groups is 2. The summed E-state index contributed by atoms with van der Waals surface area (Å²) in [5.74, 6) is -2.88. The van der Waals surface area contributed by atoms with Gasteiger partial charge in [-0.15, -0.1) is 0 Å². The Morgan fingerprint density at radius 3 is 1.30 bits per heavy atom. The summed E-state index contributed by atoms with van der Waals surface area (Å²) in [5, 5.41) is 46.4. The zero-order valence-corrected chi connectivity index (χ0v) is 23.2. The van der Waals surface area contributed by atoms with Crippen LogP contribution in [-0.2, 0) is 38.1 Å². The van der Waals surface area contributed by atoms with Crippen molar-refractivity contribution in [1.29, 1.82) is 10.5 Å². The first-order valence-corrected chi connectivity index (χ1v) is 12.2. The molecule has 0 aliphatic rings. The predicted octanol–water partition coefficient (Wildman–Crippen LogP) is 1.61. The van der Waals surface area contributed by atoms with E-state index in [9.17, 15) is 39.9 Å². The highest BCUT2D eigenvalue weighted by molar-refractivity contribution is 5.87. The smallest absolute Gasteiger partial charge is 0.333 e. The fraction of sp³-hybridized carbons (Fsp3) is 0.615. The van der Waals surface area contributed by atoms with E-state index < -0.39 is 73.6 Å². The van der Waals surface area contributed by atoms with Gasteiger partial charge < -0.3 is 29.2 Å². The number of carbonyl (C=O) groups is 4. The van der Waals surface area contributed by atoms with Crippen LogP contribution in [0.5, 0.6) is 0 Å². The number of hydrogen-bond acceptors (Lipinski definition) is 14. The lowest BCUT2D eigenvalue weighted by molar-refractivity contribution is -0.152. The van der Waals surface area contributed by atoms with Gasteiger partial charge >= 0.3 is 23.9 Å². The van der Waals surface area contributed by atoms with Gasteiger partial charge in [0, 0.05) is 24.0 Å². The van der Waals surface area contributed by atoms with E-state index in [-0.39, 0.29) is 36.8 Å². The van der Waals surface area contributed by atoms with Crippen LogP contribution >= 0.6 is 0 Å². The zero-order chi connectivity index (χ0) is 30.9. The summed E-state index contributed by atoms with van der Waals surface area (Å²) < 4.78 is 19.3. The predicted molar refractivity (Wildman–Crippen MR) is 137 cm³/mol. The van der Waals surface area contributed by atoms with Gasteiger partial charge in [0.1, 0.15) is 38.6 Å². The summed E-state index contributed by atoms with van der Waals surface area (Å²) in [7, 11) is 0. The maximum atomic E-state index is 12.0. The van der Waals surface area contributed by atoms with Crippen LogP contribution in [0.4, 0.5) is 0 Å². The van der Waals surface area contributed by atoms with Gasteiger partial charge in [-0.05, 0) is 40.5 Å². The van der Waals surface area contributed by atoms with Gasteiger partial charge in [-0.25, -0.2) is 9.59 Å². The standard InChI is InChI=1S/C26H36N4O10/c1-17(2)23(35)39-13-19(31)11-37-21(33)7-9-25(5,15-27)29-30-26(6,16-28)10-8-22(34)38-12-20(32)14-40-24(36)18(3)4/h19-20,31-32H,1,3,7-14H2,2,4-6H3/b30-29+. The first kappa shape index (κ1) is 35.9. The van der Waals surface area contributed by atoms with Gasteiger partial charge in [-0.3, -0.25) is 9.59 Å². The number of ether oxygens (including phenoxy) is 4. The summed E-state index contributed by atoms with van der Waals surface area (Å²) in [6, 6.07) is 3.82. The molecule has 0 radical (unpaired) electrons. The maximum absolute atomic E-state index is 12.0. The molecule has 14 heteroatoms. The van der Waals surface area contributed by atoms with Gasteiger partial charge in [-0.1, -0.05) is 13.2 Å². The summed E-state index contributed by atoms with van der Waals surface area (Å²) in [4.78, 5) is 46.7. The summed E-state index contributed by atoms with van der Waals surface area (Å²) in [5.41, 5.74) is -2.70. The minimum absolute atomic E-state index is 0.121. The topological polar surface area (TPSA) is 218 Å². The Hall–Kier alpha value is -4.14. The number of hydrogen-bond donors (Lipinski definition) is 2. The molecule has 0 heterocycles. The maximum Gasteiger partial charge on any atom is 0.333 e. The molecule has 220 valence electrons. The quantitative estimate of drug-likeness (QED) is 0.105. The van der Waals surface area contributed by atoms with Crippen LogP contribution in [0.1, 0.15) is 53.4 Å². The molecule has 14 nitrogen and oxygen atoms in total. The molecule has 0 amide bonds. The molecule has 40 heavy (non-hydrogen) atoms. The molecule has 0 aliphatic carbocycles. The molecule has 0 saturated carbocycles. The second-order valence-corrected chi connectivity index (χ2v) is 9.40. The Bertz CT molecular complexity index is 979. The fourth-order valence-corrected chi connectivity index (χ4v) is 2.38. The lowest BCUT2D eigenvalue weighted by Gasteiger charge is -2.19. The number of esters is 4. The first-order chi connectivity index (χ1) is 18.6. The van der Waals surface area contributed by atoms with Crippen LogP contribution in [0.2, 0.25) is 0 Å². The van der Waals surface area contributed by atoms with Crippen molar-refractivity contribution in [3.8, 4) is 12.1 Å². The summed E-state index contributed by atoms with van der Waals surface area (Å²) in [6.45, 7) is 10.8. The molecule has 0 bridgehead atoms. The van der Waals surface area contributed by atoms with E-state index in [0.717, 1.165) is 0 Å². The van der Waals surface area contributed by atoms with Crippen molar-refractivity contribution in [2.45, 2.75) is 76.7 Å². The Balaban J connectivity index is 4.71. The van der Waals surface area contributed by atoms with E-state index >= 15 is 0 Å². The second kappa shape index (κ2) is 17.4. The van der Waals surface area contributed by atoms with Crippen LogP contribution in [0.25, 0.3) is 0 Å². The van der Waals surface area contributed by atoms with Gasteiger partial charge in [-0.2, -0.15) is 20.8 Å². The van der Waals surface area contributed by atoms with E-state index in [2.05, 4.69) is 23.4 Å². The number of rotatable bonds is 18. The average molecular weight is 565 g/mol. The van der Waals surface area contributed by atoms with Crippen LogP contribution in [-0.4, -0.2) is 83.8 Å². The van der Waals surface area contributed by atoms with Gasteiger partial charge in [0.2, 0.25) is 0 Å². The average Bonchev–Trinajstić information content (AvgIpc) is 2.92. The van der Waals surface area contributed by atoms with E-state index in [0.29, 0.717) is 0 Å². The second-order valence-electron chi connectivity index (χ2n) is 9.40. The lowest BCUT2D eigenvalue weighted by atomic mass is 9.97. The van der Waals surface area contributed by atoms with E-state index in [1.165, 1.54) is 27.7 Å². The van der Waals surface area contributed by atoms with Crippen LogP contribution in [0.15, 0.2) is 34.5 Å². The Labute approximate surface area is 232 Å². The number of azo groups is 1. The Morgan fingerprint density at radius 2 is 1.02 bits per heavy atom. The molecule has 4 atom stereocenters. The van der Waals surface area contributed by atoms with Crippen molar-refractivity contribution in [3.63, 3.8) is 0 Å². The molecule has 4 unspecified atom stereocenters. The minimum Gasteiger partial charge on any atom is -0.463 e. The van der Waals surface area contributed by atoms with E-state index in [1.807, 2.05) is 12.1 Å². The molecule has 2 N–H and O–H groups in total. The third-order valence-electron chi connectivity index (χ3n) is 4.99. The summed E-state index contributed by atoms with van der Waals surface area (Å²) in [6.07, 6.45) is -3.27. The number of aliphatic hydroxyl groups excluding tert-OH is 2. The van der Waals surface area contributed by atoms with Crippen molar-refractivity contribution < 1.29 is 48.3 Å². The Kier molecular flexibility index (Phi) is 15.6. The highest BCUT2D eigenvalue weighted by atomic mass is 16.6. The van der Waals surface area contributed by atoms with Crippen LogP contribution in [0.3, 0.4) is 0 Å².